The van der Waals surface area contributed by atoms with E-state index < -0.39 is 18.0 Å². The van der Waals surface area contributed by atoms with Gasteiger partial charge >= 0.3 is 11.9 Å². The number of allylic oxidation sites excluding steroid dienone is 1. The molecular weight excluding hydrogens is 536 g/mol. The third-order valence-electron chi connectivity index (χ3n) is 6.11. The highest BCUT2D eigenvalue weighted by Crippen LogP contribution is 2.30. The van der Waals surface area contributed by atoms with Crippen LogP contribution in [-0.2, 0) is 9.53 Å². The van der Waals surface area contributed by atoms with Crippen molar-refractivity contribution in [3.63, 3.8) is 0 Å². The van der Waals surface area contributed by atoms with Crippen molar-refractivity contribution in [3.05, 3.63) is 132 Å². The molecule has 1 aromatic heterocycles. The van der Waals surface area contributed by atoms with E-state index in [9.17, 15) is 14.4 Å². The normalized spacial score (nSPS) is 14.9. The van der Waals surface area contributed by atoms with Gasteiger partial charge in [-0.2, -0.15) is 0 Å². The number of fused-ring (bicyclic) bond motifs is 1. The Balaban J connectivity index is 1.50. The van der Waals surface area contributed by atoms with Crippen LogP contribution < -0.4 is 19.6 Å². The van der Waals surface area contributed by atoms with Crippen molar-refractivity contribution < 1.29 is 19.1 Å². The van der Waals surface area contributed by atoms with Crippen LogP contribution >= 0.6 is 22.9 Å². The molecule has 0 unspecified atom stereocenters. The maximum atomic E-state index is 13.7. The van der Waals surface area contributed by atoms with Crippen molar-refractivity contribution in [3.8, 4) is 5.75 Å². The maximum Gasteiger partial charge on any atom is 0.345 e. The average molecular weight is 559 g/mol. The van der Waals surface area contributed by atoms with Gasteiger partial charge in [0.2, 0.25) is 0 Å². The zero-order valence-corrected chi connectivity index (χ0v) is 22.7. The Morgan fingerprint density at radius 3 is 2.38 bits per heavy atom. The highest BCUT2D eigenvalue weighted by atomic mass is 35.5. The summed E-state index contributed by atoms with van der Waals surface area (Å²) in [6.07, 6.45) is 1.74. The predicted octanol–water partition coefficient (Wildman–Crippen LogP) is 4.67. The molecule has 0 saturated heterocycles. The molecule has 196 valence electrons. The Kier molecular flexibility index (Phi) is 7.58. The summed E-state index contributed by atoms with van der Waals surface area (Å²) in [6.45, 7) is 3.71. The molecule has 0 saturated carbocycles. The fourth-order valence-electron chi connectivity index (χ4n) is 4.31. The van der Waals surface area contributed by atoms with E-state index in [4.69, 9.17) is 21.1 Å². The van der Waals surface area contributed by atoms with Crippen molar-refractivity contribution in [2.24, 2.45) is 4.99 Å². The van der Waals surface area contributed by atoms with Crippen molar-refractivity contribution in [1.82, 2.24) is 4.57 Å². The zero-order chi connectivity index (χ0) is 27.5. The fraction of sp³-hybridized carbons (Fsp3) is 0.133. The van der Waals surface area contributed by atoms with E-state index in [1.807, 2.05) is 30.3 Å². The lowest BCUT2D eigenvalue weighted by molar-refractivity contribution is -0.139. The lowest BCUT2D eigenvalue weighted by atomic mass is 9.96. The molecule has 9 heteroatoms. The number of esters is 2. The monoisotopic (exact) mass is 558 g/mol. The Bertz CT molecular complexity index is 1770. The smallest absolute Gasteiger partial charge is 0.345 e. The summed E-state index contributed by atoms with van der Waals surface area (Å²) >= 11 is 7.33. The van der Waals surface area contributed by atoms with Gasteiger partial charge in [-0.1, -0.05) is 77.5 Å². The number of carbonyl (C=O) groups is 2. The number of hydrogen-bond acceptors (Lipinski definition) is 7. The van der Waals surface area contributed by atoms with Crippen molar-refractivity contribution in [1.29, 1.82) is 0 Å². The first-order valence-electron chi connectivity index (χ1n) is 12.2. The Hall–Kier alpha value is -4.27. The highest BCUT2D eigenvalue weighted by Gasteiger charge is 2.33. The quantitative estimate of drug-likeness (QED) is 0.253. The van der Waals surface area contributed by atoms with Crippen LogP contribution in [0.25, 0.3) is 6.08 Å². The molecule has 1 aliphatic heterocycles. The number of nitrogens with zero attached hydrogens (tertiary/aromatic N) is 2. The van der Waals surface area contributed by atoms with Crippen LogP contribution in [0.15, 0.2) is 99.9 Å². The number of carbonyl (C=O) groups excluding carboxylic acids is 2. The van der Waals surface area contributed by atoms with Gasteiger partial charge in [-0.25, -0.2) is 14.6 Å². The number of thiazole rings is 1. The Morgan fingerprint density at radius 1 is 1.00 bits per heavy atom. The van der Waals surface area contributed by atoms with E-state index in [-0.39, 0.29) is 17.7 Å². The zero-order valence-electron chi connectivity index (χ0n) is 21.1. The summed E-state index contributed by atoms with van der Waals surface area (Å²) in [4.78, 5) is 44.1. The third-order valence-corrected chi connectivity index (χ3v) is 7.43. The second-order valence-electron chi connectivity index (χ2n) is 8.65. The summed E-state index contributed by atoms with van der Waals surface area (Å²) in [5.74, 6) is -0.712. The molecule has 1 aliphatic rings. The molecule has 0 N–H and O–H groups in total. The summed E-state index contributed by atoms with van der Waals surface area (Å²) < 4.78 is 12.8. The summed E-state index contributed by atoms with van der Waals surface area (Å²) in [5.41, 5.74) is 2.37. The Labute approximate surface area is 232 Å². The molecule has 0 spiro atoms. The van der Waals surface area contributed by atoms with Crippen molar-refractivity contribution >= 4 is 41.0 Å². The summed E-state index contributed by atoms with van der Waals surface area (Å²) in [7, 11) is 0. The molecule has 0 aliphatic carbocycles. The fourth-order valence-corrected chi connectivity index (χ4v) is 5.57. The number of aromatic nitrogens is 1. The van der Waals surface area contributed by atoms with Gasteiger partial charge in [0.25, 0.3) is 5.56 Å². The molecule has 7 nitrogen and oxygen atoms in total. The lowest BCUT2D eigenvalue weighted by Crippen LogP contribution is -2.39. The molecule has 2 heterocycles. The first-order valence-corrected chi connectivity index (χ1v) is 13.4. The minimum Gasteiger partial charge on any atom is -0.463 e. The molecule has 0 amide bonds. The number of rotatable bonds is 6. The van der Waals surface area contributed by atoms with Gasteiger partial charge in [0.05, 0.1) is 39.0 Å². The first-order chi connectivity index (χ1) is 18.9. The number of halogens is 1. The van der Waals surface area contributed by atoms with E-state index in [1.54, 1.807) is 73.0 Å². The standard InChI is InChI=1S/C30H23ClN2O5S/c1-3-37-29(36)25-18(2)32-30-33(26(25)20-9-5-4-6-10-20)27(34)24(39-30)17-19-13-15-21(16-14-19)38-28(35)22-11-7-8-12-23(22)31/h4-17,26H,3H2,1-2H3/b24-17-/t26-/m1/s1. The van der Waals surface area contributed by atoms with Crippen LogP contribution in [0, 0.1) is 0 Å². The van der Waals surface area contributed by atoms with E-state index >= 15 is 0 Å². The topological polar surface area (TPSA) is 87.0 Å². The van der Waals surface area contributed by atoms with Gasteiger partial charge < -0.3 is 9.47 Å². The lowest BCUT2D eigenvalue weighted by Gasteiger charge is -2.24. The van der Waals surface area contributed by atoms with Crippen LogP contribution in [0.1, 0.15) is 41.4 Å². The summed E-state index contributed by atoms with van der Waals surface area (Å²) in [5, 5.41) is 0.310. The molecule has 1 atom stereocenters. The maximum absolute atomic E-state index is 13.7. The molecule has 0 radical (unpaired) electrons. The largest absolute Gasteiger partial charge is 0.463 e. The predicted molar refractivity (Wildman–Crippen MR) is 150 cm³/mol. The average Bonchev–Trinajstić information content (AvgIpc) is 3.23. The van der Waals surface area contributed by atoms with Crippen LogP contribution in [0.2, 0.25) is 5.02 Å². The van der Waals surface area contributed by atoms with Gasteiger partial charge in [-0.05, 0) is 55.3 Å². The van der Waals surface area contributed by atoms with E-state index in [0.717, 1.165) is 11.1 Å². The van der Waals surface area contributed by atoms with Crippen LogP contribution in [0.3, 0.4) is 0 Å². The van der Waals surface area contributed by atoms with Crippen LogP contribution in [-0.4, -0.2) is 23.1 Å². The Morgan fingerprint density at radius 2 is 1.69 bits per heavy atom. The molecule has 0 bridgehead atoms. The number of benzene rings is 3. The van der Waals surface area contributed by atoms with Crippen LogP contribution in [0.5, 0.6) is 5.75 Å². The van der Waals surface area contributed by atoms with E-state index in [2.05, 4.69) is 4.99 Å². The first kappa shape index (κ1) is 26.3. The van der Waals surface area contributed by atoms with Gasteiger partial charge in [0.1, 0.15) is 5.75 Å². The van der Waals surface area contributed by atoms with Gasteiger partial charge in [-0.15, -0.1) is 0 Å². The third kappa shape index (κ3) is 5.34. The molecule has 3 aromatic carbocycles. The van der Waals surface area contributed by atoms with Crippen LogP contribution in [0.4, 0.5) is 0 Å². The molecule has 5 rings (SSSR count). The van der Waals surface area contributed by atoms with Gasteiger partial charge in [0.15, 0.2) is 4.80 Å². The summed E-state index contributed by atoms with van der Waals surface area (Å²) in [6, 6.07) is 22.2. The molecule has 0 fully saturated rings. The number of hydrogen-bond donors (Lipinski definition) is 0. The SMILES string of the molecule is CCOC(=O)C1=C(C)N=c2s/c(=C\c3ccc(OC(=O)c4ccccc4Cl)cc3)c(=O)n2[C@@H]1c1ccccc1. The van der Waals surface area contributed by atoms with E-state index in [0.29, 0.717) is 31.4 Å². The second-order valence-corrected chi connectivity index (χ2v) is 10.1. The second kappa shape index (κ2) is 11.2. The molecular formula is C30H23ClN2O5S. The van der Waals surface area contributed by atoms with E-state index in [1.165, 1.54) is 11.3 Å². The van der Waals surface area contributed by atoms with Crippen molar-refractivity contribution in [2.75, 3.05) is 6.61 Å². The van der Waals surface area contributed by atoms with Gasteiger partial charge in [-0.3, -0.25) is 9.36 Å². The van der Waals surface area contributed by atoms with Gasteiger partial charge in [0, 0.05) is 0 Å². The van der Waals surface area contributed by atoms with Crippen molar-refractivity contribution in [2.45, 2.75) is 19.9 Å². The highest BCUT2D eigenvalue weighted by molar-refractivity contribution is 7.07. The number of ether oxygens (including phenoxy) is 2. The molecule has 4 aromatic rings. The minimum absolute atomic E-state index is 0.214. The molecule has 39 heavy (non-hydrogen) atoms. The minimum atomic E-state index is -0.657.